The van der Waals surface area contributed by atoms with Gasteiger partial charge in [-0.05, 0) is 18.2 Å². The van der Waals surface area contributed by atoms with E-state index in [2.05, 4.69) is 0 Å². The molecule has 0 bridgehead atoms. The Bertz CT molecular complexity index is 439. The maximum absolute atomic E-state index is 12.8. The summed E-state index contributed by atoms with van der Waals surface area (Å²) in [6, 6.07) is 4.12. The normalized spacial score (nSPS) is 24.8. The van der Waals surface area contributed by atoms with Crippen molar-refractivity contribution in [3.63, 3.8) is 0 Å². The number of alkyl halides is 3. The van der Waals surface area contributed by atoms with Gasteiger partial charge in [-0.3, -0.25) is 0 Å². The van der Waals surface area contributed by atoms with Crippen molar-refractivity contribution < 1.29 is 18.3 Å². The number of anilines is 1. The standard InChI is InChI=1S/C9H6ClF3INO/c10-5-1-2-7-6(3-5)8(16,4-15(7)14)9(11,12)13/h1-3,16H,4H2/t8-/m0/s1. The molecule has 0 fully saturated rings. The molecule has 2 rings (SSSR count). The summed E-state index contributed by atoms with van der Waals surface area (Å²) in [6.07, 6.45) is -4.72. The lowest BCUT2D eigenvalue weighted by Crippen LogP contribution is -2.44. The molecule has 0 aliphatic carbocycles. The van der Waals surface area contributed by atoms with Crippen LogP contribution in [0, 0.1) is 0 Å². The molecule has 1 aliphatic rings. The van der Waals surface area contributed by atoms with Crippen LogP contribution >= 0.6 is 34.5 Å². The van der Waals surface area contributed by atoms with Crippen LogP contribution in [0.3, 0.4) is 0 Å². The van der Waals surface area contributed by atoms with Crippen LogP contribution in [-0.2, 0) is 5.60 Å². The minimum Gasteiger partial charge on any atom is -0.375 e. The lowest BCUT2D eigenvalue weighted by Gasteiger charge is -2.26. The van der Waals surface area contributed by atoms with Gasteiger partial charge in [-0.15, -0.1) is 0 Å². The SMILES string of the molecule is O[C@@]1(C(F)(F)F)CN(I)c2ccc(Cl)cc21. The van der Waals surface area contributed by atoms with E-state index < -0.39 is 18.3 Å². The molecular weight excluding hydrogens is 357 g/mol. The summed E-state index contributed by atoms with van der Waals surface area (Å²) in [5, 5.41) is 9.92. The Morgan fingerprint density at radius 3 is 2.62 bits per heavy atom. The van der Waals surface area contributed by atoms with Crippen molar-refractivity contribution in [1.29, 1.82) is 0 Å². The molecular formula is C9H6ClF3INO. The predicted octanol–water partition coefficient (Wildman–Crippen LogP) is 3.26. The van der Waals surface area contributed by atoms with E-state index in [-0.39, 0.29) is 10.6 Å². The topological polar surface area (TPSA) is 23.5 Å². The van der Waals surface area contributed by atoms with E-state index in [9.17, 15) is 18.3 Å². The van der Waals surface area contributed by atoms with E-state index in [0.29, 0.717) is 5.69 Å². The first-order valence-corrected chi connectivity index (χ1v) is 5.62. The van der Waals surface area contributed by atoms with Gasteiger partial charge in [-0.1, -0.05) is 11.6 Å². The zero-order valence-corrected chi connectivity index (χ0v) is 10.6. The quantitative estimate of drug-likeness (QED) is 0.565. The lowest BCUT2D eigenvalue weighted by atomic mass is 9.95. The second-order valence-electron chi connectivity index (χ2n) is 3.54. The molecule has 1 N–H and O–H groups in total. The first kappa shape index (κ1) is 12.3. The Morgan fingerprint density at radius 2 is 2.06 bits per heavy atom. The fourth-order valence-corrected chi connectivity index (χ4v) is 2.75. The molecule has 0 aromatic heterocycles. The molecule has 0 amide bonds. The average molecular weight is 364 g/mol. The van der Waals surface area contributed by atoms with Crippen LogP contribution in [0.15, 0.2) is 18.2 Å². The van der Waals surface area contributed by atoms with Crippen molar-refractivity contribution in [1.82, 2.24) is 0 Å². The number of β-amino-alcohol motifs (C(OH)–C–C–N with tert-alkyl or cyclic N) is 1. The minimum absolute atomic E-state index is 0.174. The molecule has 0 saturated heterocycles. The second-order valence-corrected chi connectivity index (χ2v) is 5.14. The van der Waals surface area contributed by atoms with Gasteiger partial charge in [0.05, 0.1) is 35.1 Å². The number of aliphatic hydroxyl groups is 1. The van der Waals surface area contributed by atoms with Crippen LogP contribution in [0.1, 0.15) is 5.56 Å². The van der Waals surface area contributed by atoms with E-state index in [0.717, 1.165) is 6.07 Å². The Labute approximate surface area is 108 Å². The number of rotatable bonds is 0. The molecule has 7 heteroatoms. The summed E-state index contributed by atoms with van der Waals surface area (Å²) in [7, 11) is 0. The highest BCUT2D eigenvalue weighted by Crippen LogP contribution is 2.50. The van der Waals surface area contributed by atoms with Crippen LogP contribution in [0.25, 0.3) is 0 Å². The Hall–Kier alpha value is -0.210. The zero-order valence-electron chi connectivity index (χ0n) is 7.72. The molecule has 0 radical (unpaired) electrons. The third-order valence-electron chi connectivity index (χ3n) is 2.50. The van der Waals surface area contributed by atoms with E-state index in [1.54, 1.807) is 22.9 Å². The average Bonchev–Trinajstić information content (AvgIpc) is 2.39. The summed E-state index contributed by atoms with van der Waals surface area (Å²) in [6.45, 7) is -0.521. The minimum atomic E-state index is -4.72. The third kappa shape index (κ3) is 1.67. The number of benzene rings is 1. The summed E-state index contributed by atoms with van der Waals surface area (Å²) in [5.74, 6) is 0. The molecule has 1 atom stereocenters. The molecule has 0 saturated carbocycles. The molecule has 0 unspecified atom stereocenters. The lowest BCUT2D eigenvalue weighted by molar-refractivity contribution is -0.258. The van der Waals surface area contributed by atoms with E-state index >= 15 is 0 Å². The van der Waals surface area contributed by atoms with Crippen molar-refractivity contribution in [2.75, 3.05) is 9.66 Å². The van der Waals surface area contributed by atoms with Crippen LogP contribution < -0.4 is 3.11 Å². The molecule has 16 heavy (non-hydrogen) atoms. The molecule has 1 aromatic rings. The van der Waals surface area contributed by atoms with Gasteiger partial charge in [0.2, 0.25) is 5.60 Å². The van der Waals surface area contributed by atoms with Crippen molar-refractivity contribution >= 4 is 40.2 Å². The Balaban J connectivity index is 2.62. The van der Waals surface area contributed by atoms with Crippen LogP contribution in [-0.4, -0.2) is 17.8 Å². The smallest absolute Gasteiger partial charge is 0.375 e. The highest BCUT2D eigenvalue weighted by molar-refractivity contribution is 14.1. The first-order chi connectivity index (χ1) is 7.25. The largest absolute Gasteiger partial charge is 0.423 e. The number of hydrogen-bond donors (Lipinski definition) is 1. The van der Waals surface area contributed by atoms with Gasteiger partial charge in [-0.2, -0.15) is 13.2 Å². The van der Waals surface area contributed by atoms with Gasteiger partial charge in [0, 0.05) is 10.6 Å². The fraction of sp³-hybridized carbons (Fsp3) is 0.333. The molecule has 1 heterocycles. The molecule has 2 nitrogen and oxygen atoms in total. The fourth-order valence-electron chi connectivity index (χ4n) is 1.66. The predicted molar refractivity (Wildman–Crippen MR) is 62.8 cm³/mol. The number of halogens is 5. The molecule has 0 spiro atoms. The van der Waals surface area contributed by atoms with Gasteiger partial charge in [0.1, 0.15) is 0 Å². The van der Waals surface area contributed by atoms with E-state index in [1.165, 1.54) is 15.2 Å². The summed E-state index contributed by atoms with van der Waals surface area (Å²) in [4.78, 5) is 0. The highest BCUT2D eigenvalue weighted by Gasteiger charge is 2.60. The van der Waals surface area contributed by atoms with Crippen molar-refractivity contribution in [2.45, 2.75) is 11.8 Å². The maximum atomic E-state index is 12.8. The first-order valence-electron chi connectivity index (χ1n) is 4.28. The van der Waals surface area contributed by atoms with Crippen molar-refractivity contribution in [3.05, 3.63) is 28.8 Å². The summed E-state index contributed by atoms with van der Waals surface area (Å²) in [5.41, 5.74) is -2.69. The maximum Gasteiger partial charge on any atom is 0.423 e. The second kappa shape index (κ2) is 3.64. The van der Waals surface area contributed by atoms with Crippen LogP contribution in [0.4, 0.5) is 18.9 Å². The van der Waals surface area contributed by atoms with Gasteiger partial charge >= 0.3 is 6.18 Å². The zero-order chi connectivity index (χ0) is 12.1. The van der Waals surface area contributed by atoms with Gasteiger partial charge in [-0.25, -0.2) is 0 Å². The molecule has 1 aromatic carbocycles. The van der Waals surface area contributed by atoms with Crippen LogP contribution in [0.2, 0.25) is 5.02 Å². The van der Waals surface area contributed by atoms with Gasteiger partial charge in [0.15, 0.2) is 0 Å². The summed E-state index contributed by atoms with van der Waals surface area (Å²) >= 11 is 7.38. The number of fused-ring (bicyclic) bond motifs is 1. The molecule has 1 aliphatic heterocycles. The molecule has 88 valence electrons. The number of nitrogens with zero attached hydrogens (tertiary/aromatic N) is 1. The van der Waals surface area contributed by atoms with Crippen molar-refractivity contribution in [3.8, 4) is 0 Å². The van der Waals surface area contributed by atoms with Gasteiger partial charge in [0.25, 0.3) is 0 Å². The van der Waals surface area contributed by atoms with Gasteiger partial charge < -0.3 is 8.22 Å². The van der Waals surface area contributed by atoms with E-state index in [4.69, 9.17) is 11.6 Å². The van der Waals surface area contributed by atoms with Crippen LogP contribution in [0.5, 0.6) is 0 Å². The Kier molecular flexibility index (Phi) is 2.79. The highest BCUT2D eigenvalue weighted by atomic mass is 127. The summed E-state index contributed by atoms with van der Waals surface area (Å²) < 4.78 is 39.7. The monoisotopic (exact) mass is 363 g/mol. The Morgan fingerprint density at radius 1 is 1.44 bits per heavy atom. The number of hydrogen-bond acceptors (Lipinski definition) is 2. The van der Waals surface area contributed by atoms with E-state index in [1.807, 2.05) is 0 Å². The third-order valence-corrected chi connectivity index (χ3v) is 3.60. The van der Waals surface area contributed by atoms with Crippen molar-refractivity contribution in [2.24, 2.45) is 0 Å².